The van der Waals surface area contributed by atoms with E-state index in [0.29, 0.717) is 6.54 Å². The van der Waals surface area contributed by atoms with Gasteiger partial charge in [-0.1, -0.05) is 42.1 Å². The maximum absolute atomic E-state index is 13.4. The van der Waals surface area contributed by atoms with Gasteiger partial charge in [-0.2, -0.15) is 0 Å². The number of fused-ring (bicyclic) bond motifs is 1. The number of thioether (sulfide) groups is 1. The van der Waals surface area contributed by atoms with Gasteiger partial charge < -0.3 is 0 Å². The van der Waals surface area contributed by atoms with Crippen molar-refractivity contribution in [1.29, 1.82) is 0 Å². The van der Waals surface area contributed by atoms with Crippen LogP contribution < -0.4 is 5.56 Å². The van der Waals surface area contributed by atoms with Crippen LogP contribution in [0.3, 0.4) is 0 Å². The zero-order valence-corrected chi connectivity index (χ0v) is 17.7. The second kappa shape index (κ2) is 7.89. The summed E-state index contributed by atoms with van der Waals surface area (Å²) < 4.78 is 1.77. The van der Waals surface area contributed by atoms with Gasteiger partial charge >= 0.3 is 0 Å². The summed E-state index contributed by atoms with van der Waals surface area (Å²) in [5.74, 6) is 0.774. The molecule has 1 aromatic carbocycles. The first kappa shape index (κ1) is 18.9. The molecule has 142 valence electrons. The van der Waals surface area contributed by atoms with Crippen molar-refractivity contribution >= 4 is 33.3 Å². The number of aromatic nitrogens is 3. The van der Waals surface area contributed by atoms with E-state index in [1.807, 2.05) is 44.2 Å². The average molecular weight is 408 g/mol. The Bertz CT molecular complexity index is 1200. The molecule has 0 aliphatic rings. The van der Waals surface area contributed by atoms with Crippen LogP contribution in [0, 0.1) is 20.8 Å². The van der Waals surface area contributed by atoms with Crippen LogP contribution in [0.4, 0.5) is 0 Å². The molecular formula is C22H21N3OS2. The molecule has 3 aromatic heterocycles. The topological polar surface area (TPSA) is 47.8 Å². The highest BCUT2D eigenvalue weighted by atomic mass is 32.2. The number of hydrogen-bond donors (Lipinski definition) is 0. The van der Waals surface area contributed by atoms with E-state index in [2.05, 4.69) is 24.0 Å². The van der Waals surface area contributed by atoms with Crippen LogP contribution >= 0.6 is 23.1 Å². The fraction of sp³-hybridized carbons (Fsp3) is 0.227. The molecule has 4 nitrogen and oxygen atoms in total. The van der Waals surface area contributed by atoms with Gasteiger partial charge in [0.25, 0.3) is 5.56 Å². The molecule has 4 rings (SSSR count). The van der Waals surface area contributed by atoms with Gasteiger partial charge in [0.05, 0.1) is 17.6 Å². The summed E-state index contributed by atoms with van der Waals surface area (Å²) in [5.41, 5.74) is 4.41. The van der Waals surface area contributed by atoms with Gasteiger partial charge in [-0.25, -0.2) is 4.98 Å². The standard InChI is InChI=1S/C22H21N3OS2/c1-14-8-4-5-9-17(14)13-27-22-24-20-19(15(2)16(3)28-20)21(26)25(22)12-18-10-6-7-11-23-18/h4-11H,12-13H2,1-3H3. The lowest BCUT2D eigenvalue weighted by molar-refractivity contribution is 0.647. The smallest absolute Gasteiger partial charge is 0.263 e. The fourth-order valence-corrected chi connectivity index (χ4v) is 5.27. The van der Waals surface area contributed by atoms with Gasteiger partial charge in [0.1, 0.15) is 4.83 Å². The monoisotopic (exact) mass is 407 g/mol. The largest absolute Gasteiger partial charge is 0.281 e. The Kier molecular flexibility index (Phi) is 5.33. The minimum Gasteiger partial charge on any atom is -0.281 e. The van der Waals surface area contributed by atoms with Crippen LogP contribution in [-0.2, 0) is 12.3 Å². The molecule has 0 saturated carbocycles. The molecule has 0 fully saturated rings. The van der Waals surface area contributed by atoms with Gasteiger partial charge in [0.2, 0.25) is 0 Å². The minimum absolute atomic E-state index is 0.0183. The summed E-state index contributed by atoms with van der Waals surface area (Å²) in [6.07, 6.45) is 1.76. The maximum atomic E-state index is 13.4. The van der Waals surface area contributed by atoms with Gasteiger partial charge in [-0.3, -0.25) is 14.3 Å². The van der Waals surface area contributed by atoms with E-state index < -0.39 is 0 Å². The van der Waals surface area contributed by atoms with E-state index in [0.717, 1.165) is 37.3 Å². The first-order valence-corrected chi connectivity index (χ1v) is 10.9. The van der Waals surface area contributed by atoms with E-state index in [4.69, 9.17) is 4.98 Å². The van der Waals surface area contributed by atoms with E-state index in [1.54, 1.807) is 33.9 Å². The zero-order chi connectivity index (χ0) is 19.7. The van der Waals surface area contributed by atoms with Crippen LogP contribution in [-0.4, -0.2) is 14.5 Å². The molecule has 0 amide bonds. The lowest BCUT2D eigenvalue weighted by atomic mass is 10.1. The van der Waals surface area contributed by atoms with Crippen LogP contribution in [0.15, 0.2) is 58.6 Å². The van der Waals surface area contributed by atoms with E-state index in [-0.39, 0.29) is 5.56 Å². The van der Waals surface area contributed by atoms with Crippen molar-refractivity contribution in [1.82, 2.24) is 14.5 Å². The molecule has 0 aliphatic heterocycles. The number of hydrogen-bond acceptors (Lipinski definition) is 5. The predicted octanol–water partition coefficient (Wildman–Crippen LogP) is 5.12. The summed E-state index contributed by atoms with van der Waals surface area (Å²) >= 11 is 3.20. The third kappa shape index (κ3) is 3.62. The normalized spacial score (nSPS) is 11.2. The fourth-order valence-electron chi connectivity index (χ4n) is 3.13. The van der Waals surface area contributed by atoms with Gasteiger partial charge in [0.15, 0.2) is 5.16 Å². The number of aryl methyl sites for hydroxylation is 3. The Morgan fingerprint density at radius 2 is 1.86 bits per heavy atom. The van der Waals surface area contributed by atoms with E-state index in [9.17, 15) is 4.79 Å². The van der Waals surface area contributed by atoms with Crippen LogP contribution in [0.2, 0.25) is 0 Å². The second-order valence-corrected chi connectivity index (χ2v) is 8.93. The maximum Gasteiger partial charge on any atom is 0.263 e. The minimum atomic E-state index is 0.0183. The molecule has 0 atom stereocenters. The lowest BCUT2D eigenvalue weighted by Gasteiger charge is -2.12. The van der Waals surface area contributed by atoms with Crippen LogP contribution in [0.5, 0.6) is 0 Å². The SMILES string of the molecule is Cc1ccccc1CSc1nc2sc(C)c(C)c2c(=O)n1Cc1ccccn1. The third-order valence-electron chi connectivity index (χ3n) is 4.92. The number of rotatable bonds is 5. The summed E-state index contributed by atoms with van der Waals surface area (Å²) in [7, 11) is 0. The highest BCUT2D eigenvalue weighted by Crippen LogP contribution is 2.30. The van der Waals surface area contributed by atoms with E-state index >= 15 is 0 Å². The van der Waals surface area contributed by atoms with Crippen molar-refractivity contribution in [2.24, 2.45) is 0 Å². The summed E-state index contributed by atoms with van der Waals surface area (Å²) in [4.78, 5) is 24.6. The molecule has 0 saturated heterocycles. The van der Waals surface area contributed by atoms with Crippen LogP contribution in [0.1, 0.15) is 27.3 Å². The molecule has 0 aliphatic carbocycles. The number of nitrogens with zero attached hydrogens (tertiary/aromatic N) is 3. The van der Waals surface area contributed by atoms with Crippen molar-refractivity contribution in [2.75, 3.05) is 0 Å². The van der Waals surface area contributed by atoms with Gasteiger partial charge in [0, 0.05) is 16.8 Å². The Labute approximate surface area is 172 Å². The number of pyridine rings is 1. The average Bonchev–Trinajstić information content (AvgIpc) is 2.98. The number of benzene rings is 1. The van der Waals surface area contributed by atoms with Crippen molar-refractivity contribution in [3.63, 3.8) is 0 Å². The van der Waals surface area contributed by atoms with E-state index in [1.165, 1.54) is 11.1 Å². The Morgan fingerprint density at radius 3 is 2.61 bits per heavy atom. The predicted molar refractivity (Wildman–Crippen MR) is 117 cm³/mol. The summed E-state index contributed by atoms with van der Waals surface area (Å²) in [5, 5.41) is 1.48. The molecule has 0 spiro atoms. The molecule has 0 unspecified atom stereocenters. The molecule has 3 heterocycles. The van der Waals surface area contributed by atoms with Crippen LogP contribution in [0.25, 0.3) is 10.2 Å². The van der Waals surface area contributed by atoms with Gasteiger partial charge in [-0.15, -0.1) is 11.3 Å². The molecule has 0 N–H and O–H groups in total. The Morgan fingerprint density at radius 1 is 1.07 bits per heavy atom. The first-order valence-electron chi connectivity index (χ1n) is 9.12. The van der Waals surface area contributed by atoms with Crippen molar-refractivity contribution in [2.45, 2.75) is 38.2 Å². The van der Waals surface area contributed by atoms with Crippen molar-refractivity contribution in [3.8, 4) is 0 Å². The van der Waals surface area contributed by atoms with Gasteiger partial charge in [-0.05, 0) is 49.6 Å². The van der Waals surface area contributed by atoms with Crippen molar-refractivity contribution < 1.29 is 0 Å². The number of thiophene rings is 1. The quantitative estimate of drug-likeness (QED) is 0.340. The highest BCUT2D eigenvalue weighted by molar-refractivity contribution is 7.98. The third-order valence-corrected chi connectivity index (χ3v) is 7.04. The molecule has 6 heteroatoms. The van der Waals surface area contributed by atoms with Crippen molar-refractivity contribution in [3.05, 3.63) is 86.3 Å². The molecule has 4 aromatic rings. The molecule has 28 heavy (non-hydrogen) atoms. The molecule has 0 bridgehead atoms. The Hall–Kier alpha value is -2.44. The zero-order valence-electron chi connectivity index (χ0n) is 16.1. The summed E-state index contributed by atoms with van der Waals surface area (Å²) in [6.45, 7) is 6.58. The lowest BCUT2D eigenvalue weighted by Crippen LogP contribution is -2.24. The molecular weight excluding hydrogens is 386 g/mol. The first-order chi connectivity index (χ1) is 13.5. The highest BCUT2D eigenvalue weighted by Gasteiger charge is 2.17. The summed E-state index contributed by atoms with van der Waals surface area (Å²) in [6, 6.07) is 14.1. The molecule has 0 radical (unpaired) electrons. The Balaban J connectivity index is 1.80. The second-order valence-electron chi connectivity index (χ2n) is 6.79.